The molecule has 1 aromatic heterocycles. The molecular formula is C13H8ClF3N4. The summed E-state index contributed by atoms with van der Waals surface area (Å²) in [6.45, 7) is 1.69. The van der Waals surface area contributed by atoms with Crippen LogP contribution < -0.4 is 5.32 Å². The van der Waals surface area contributed by atoms with Crippen molar-refractivity contribution in [1.82, 2.24) is 9.97 Å². The van der Waals surface area contributed by atoms with Gasteiger partial charge in [0.05, 0.1) is 17.2 Å². The highest BCUT2D eigenvalue weighted by molar-refractivity contribution is 6.28. The lowest BCUT2D eigenvalue weighted by atomic mass is 10.1. The Balaban J connectivity index is 2.42. The lowest BCUT2D eigenvalue weighted by molar-refractivity contribution is -0.137. The fourth-order valence-corrected chi connectivity index (χ4v) is 1.77. The summed E-state index contributed by atoms with van der Waals surface area (Å²) in [5.41, 5.74) is -0.671. The van der Waals surface area contributed by atoms with Gasteiger partial charge in [0.1, 0.15) is 5.82 Å². The minimum absolute atomic E-state index is 0.0206. The topological polar surface area (TPSA) is 61.6 Å². The van der Waals surface area contributed by atoms with Crippen LogP contribution >= 0.6 is 11.6 Å². The molecule has 0 aliphatic heterocycles. The van der Waals surface area contributed by atoms with Gasteiger partial charge in [0.25, 0.3) is 0 Å². The maximum Gasteiger partial charge on any atom is 0.417 e. The highest BCUT2D eigenvalue weighted by Gasteiger charge is 2.33. The van der Waals surface area contributed by atoms with Crippen molar-refractivity contribution >= 4 is 23.1 Å². The van der Waals surface area contributed by atoms with E-state index in [1.165, 1.54) is 18.3 Å². The molecule has 0 radical (unpaired) electrons. The van der Waals surface area contributed by atoms with Gasteiger partial charge >= 0.3 is 6.18 Å². The zero-order chi connectivity index (χ0) is 15.6. The molecule has 0 fully saturated rings. The van der Waals surface area contributed by atoms with Crippen molar-refractivity contribution in [2.75, 3.05) is 5.32 Å². The van der Waals surface area contributed by atoms with Crippen LogP contribution in [0.4, 0.5) is 24.7 Å². The molecule has 0 saturated heterocycles. The van der Waals surface area contributed by atoms with Gasteiger partial charge in [-0.1, -0.05) is 0 Å². The smallest absolute Gasteiger partial charge is 0.340 e. The average Bonchev–Trinajstić information content (AvgIpc) is 2.42. The van der Waals surface area contributed by atoms with Gasteiger partial charge < -0.3 is 5.32 Å². The molecule has 0 saturated carbocycles. The molecule has 1 heterocycles. The van der Waals surface area contributed by atoms with Gasteiger partial charge in [0, 0.05) is 17.4 Å². The van der Waals surface area contributed by atoms with Gasteiger partial charge in [-0.15, -0.1) is 0 Å². The zero-order valence-corrected chi connectivity index (χ0v) is 11.4. The van der Waals surface area contributed by atoms with E-state index in [-0.39, 0.29) is 11.0 Å². The third kappa shape index (κ3) is 3.41. The predicted molar refractivity (Wildman–Crippen MR) is 71.2 cm³/mol. The van der Waals surface area contributed by atoms with E-state index in [2.05, 4.69) is 15.3 Å². The standard InChI is InChI=1S/C13H8ClF3N4/c1-7-6-19-12(14)21-11(7)20-9-3-2-8(5-18)10(4-9)13(15,16)17/h2-4,6H,1H3,(H,19,20,21). The number of aromatic nitrogens is 2. The molecule has 0 aliphatic carbocycles. The molecule has 8 heteroatoms. The van der Waals surface area contributed by atoms with Gasteiger partial charge in [-0.05, 0) is 36.7 Å². The van der Waals surface area contributed by atoms with Crippen LogP contribution in [0.15, 0.2) is 24.4 Å². The fourth-order valence-electron chi connectivity index (χ4n) is 1.64. The highest BCUT2D eigenvalue weighted by atomic mass is 35.5. The van der Waals surface area contributed by atoms with E-state index >= 15 is 0 Å². The number of benzene rings is 1. The van der Waals surface area contributed by atoms with Gasteiger partial charge in [0.2, 0.25) is 5.28 Å². The molecule has 21 heavy (non-hydrogen) atoms. The van der Waals surface area contributed by atoms with Crippen LogP contribution in [0.25, 0.3) is 0 Å². The number of nitriles is 1. The highest BCUT2D eigenvalue weighted by Crippen LogP contribution is 2.34. The van der Waals surface area contributed by atoms with E-state index in [4.69, 9.17) is 16.9 Å². The van der Waals surface area contributed by atoms with Crippen LogP contribution in [0.5, 0.6) is 0 Å². The summed E-state index contributed by atoms with van der Waals surface area (Å²) < 4.78 is 38.6. The second kappa shape index (κ2) is 5.58. The van der Waals surface area contributed by atoms with Crippen LogP contribution in [0.1, 0.15) is 16.7 Å². The van der Waals surface area contributed by atoms with Crippen molar-refractivity contribution in [3.05, 3.63) is 46.4 Å². The molecule has 0 bridgehead atoms. The Morgan fingerprint density at radius 2 is 2.05 bits per heavy atom. The Labute approximate surface area is 123 Å². The first kappa shape index (κ1) is 15.1. The summed E-state index contributed by atoms with van der Waals surface area (Å²) >= 11 is 5.65. The van der Waals surface area contributed by atoms with E-state index in [0.717, 1.165) is 12.1 Å². The maximum atomic E-state index is 12.9. The molecule has 0 amide bonds. The van der Waals surface area contributed by atoms with E-state index in [0.29, 0.717) is 11.4 Å². The number of aryl methyl sites for hydroxylation is 1. The Bertz CT molecular complexity index is 722. The van der Waals surface area contributed by atoms with Crippen LogP contribution in [-0.4, -0.2) is 9.97 Å². The number of nitrogens with zero attached hydrogens (tertiary/aromatic N) is 3. The number of rotatable bonds is 2. The molecule has 2 rings (SSSR count). The van der Waals surface area contributed by atoms with E-state index in [1.807, 2.05) is 0 Å². The first-order chi connectivity index (χ1) is 9.81. The third-order valence-corrected chi connectivity index (χ3v) is 2.83. The minimum Gasteiger partial charge on any atom is -0.340 e. The van der Waals surface area contributed by atoms with Gasteiger partial charge in [-0.2, -0.15) is 18.4 Å². The largest absolute Gasteiger partial charge is 0.417 e. The Hall–Kier alpha value is -2.33. The number of alkyl halides is 3. The Kier molecular flexibility index (Phi) is 4.00. The third-order valence-electron chi connectivity index (χ3n) is 2.65. The van der Waals surface area contributed by atoms with Crippen molar-refractivity contribution < 1.29 is 13.2 Å². The number of hydrogen-bond donors (Lipinski definition) is 1. The van der Waals surface area contributed by atoms with Crippen molar-refractivity contribution in [3.8, 4) is 6.07 Å². The molecule has 0 spiro atoms. The number of nitrogens with one attached hydrogen (secondary N) is 1. The molecule has 0 aliphatic rings. The van der Waals surface area contributed by atoms with Crippen LogP contribution in [0, 0.1) is 18.3 Å². The van der Waals surface area contributed by atoms with Gasteiger partial charge in [0.15, 0.2) is 0 Å². The molecule has 1 aromatic carbocycles. The van der Waals surface area contributed by atoms with Gasteiger partial charge in [-0.25, -0.2) is 9.97 Å². The number of hydrogen-bond acceptors (Lipinski definition) is 4. The SMILES string of the molecule is Cc1cnc(Cl)nc1Nc1ccc(C#N)c(C(F)(F)F)c1. The molecule has 0 unspecified atom stereocenters. The van der Waals surface area contributed by atoms with Crippen molar-refractivity contribution in [3.63, 3.8) is 0 Å². The van der Waals surface area contributed by atoms with Gasteiger partial charge in [-0.3, -0.25) is 0 Å². The lowest BCUT2D eigenvalue weighted by Gasteiger charge is -2.13. The molecule has 4 nitrogen and oxygen atoms in total. The van der Waals surface area contributed by atoms with Crippen LogP contribution in [-0.2, 0) is 6.18 Å². The summed E-state index contributed by atoms with van der Waals surface area (Å²) in [5.74, 6) is 0.299. The van der Waals surface area contributed by atoms with E-state index in [1.54, 1.807) is 6.92 Å². The van der Waals surface area contributed by atoms with Crippen LogP contribution in [0.3, 0.4) is 0 Å². The second-order valence-corrected chi connectivity index (χ2v) is 4.50. The number of anilines is 2. The Morgan fingerprint density at radius 3 is 2.67 bits per heavy atom. The van der Waals surface area contributed by atoms with Crippen LogP contribution in [0.2, 0.25) is 5.28 Å². The summed E-state index contributed by atoms with van der Waals surface area (Å²) in [7, 11) is 0. The summed E-state index contributed by atoms with van der Waals surface area (Å²) in [4.78, 5) is 7.66. The molecule has 2 aromatic rings. The average molecular weight is 313 g/mol. The summed E-state index contributed by atoms with van der Waals surface area (Å²) in [6.07, 6.45) is -3.16. The van der Waals surface area contributed by atoms with E-state index < -0.39 is 17.3 Å². The second-order valence-electron chi connectivity index (χ2n) is 4.17. The predicted octanol–water partition coefficient (Wildman–Crippen LogP) is 4.07. The minimum atomic E-state index is -4.61. The molecule has 108 valence electrons. The zero-order valence-electron chi connectivity index (χ0n) is 10.7. The molecule has 1 N–H and O–H groups in total. The quantitative estimate of drug-likeness (QED) is 0.849. The number of halogens is 4. The first-order valence-corrected chi connectivity index (χ1v) is 6.06. The van der Waals surface area contributed by atoms with Crippen molar-refractivity contribution in [1.29, 1.82) is 5.26 Å². The lowest BCUT2D eigenvalue weighted by Crippen LogP contribution is -2.09. The van der Waals surface area contributed by atoms with Crippen molar-refractivity contribution in [2.24, 2.45) is 0 Å². The Morgan fingerprint density at radius 1 is 1.33 bits per heavy atom. The molecular weight excluding hydrogens is 305 g/mol. The fraction of sp³-hybridized carbons (Fsp3) is 0.154. The normalized spacial score (nSPS) is 11.0. The first-order valence-electron chi connectivity index (χ1n) is 5.69. The maximum absolute atomic E-state index is 12.9. The van der Waals surface area contributed by atoms with E-state index in [9.17, 15) is 13.2 Å². The summed E-state index contributed by atoms with van der Waals surface area (Å²) in [5, 5.41) is 11.4. The monoisotopic (exact) mass is 312 g/mol. The molecule has 0 atom stereocenters. The summed E-state index contributed by atoms with van der Waals surface area (Å²) in [6, 6.07) is 4.84. The van der Waals surface area contributed by atoms with Crippen molar-refractivity contribution in [2.45, 2.75) is 13.1 Å².